The first-order valence-corrected chi connectivity index (χ1v) is 8.33. The molecule has 0 bridgehead atoms. The van der Waals surface area contributed by atoms with Crippen LogP contribution in [0.4, 0.5) is 0 Å². The van der Waals surface area contributed by atoms with Crippen molar-refractivity contribution < 1.29 is 0 Å². The SMILES string of the molecule is CCP(CC)c1ccsc1-c1ccccc1. The lowest BCUT2D eigenvalue weighted by atomic mass is 10.2. The Bertz CT molecular complexity index is 429. The third-order valence-electron chi connectivity index (χ3n) is 2.78. The van der Waals surface area contributed by atoms with Crippen LogP contribution >= 0.6 is 19.3 Å². The molecule has 2 aromatic rings. The number of hydrogen-bond donors (Lipinski definition) is 0. The van der Waals surface area contributed by atoms with E-state index in [4.69, 9.17) is 0 Å². The molecule has 0 nitrogen and oxygen atoms in total. The van der Waals surface area contributed by atoms with Crippen LogP contribution in [0, 0.1) is 0 Å². The Labute approximate surface area is 103 Å². The topological polar surface area (TPSA) is 0 Å². The first-order chi connectivity index (χ1) is 7.86. The van der Waals surface area contributed by atoms with Crippen molar-refractivity contribution >= 4 is 24.6 Å². The van der Waals surface area contributed by atoms with Crippen LogP contribution in [0.3, 0.4) is 0 Å². The molecule has 1 heterocycles. The first kappa shape index (κ1) is 11.8. The molecule has 1 aromatic carbocycles. The highest BCUT2D eigenvalue weighted by Gasteiger charge is 2.13. The fourth-order valence-electron chi connectivity index (χ4n) is 1.92. The zero-order chi connectivity index (χ0) is 11.4. The number of thiophene rings is 1. The maximum Gasteiger partial charge on any atom is 0.0419 e. The number of benzene rings is 1. The molecule has 2 rings (SSSR count). The summed E-state index contributed by atoms with van der Waals surface area (Å²) < 4.78 is 0. The third-order valence-corrected chi connectivity index (χ3v) is 6.48. The Morgan fingerprint density at radius 1 is 1.00 bits per heavy atom. The fraction of sp³-hybridized carbons (Fsp3) is 0.286. The summed E-state index contributed by atoms with van der Waals surface area (Å²) in [4.78, 5) is 1.48. The van der Waals surface area contributed by atoms with E-state index < -0.39 is 0 Å². The molecule has 0 spiro atoms. The van der Waals surface area contributed by atoms with Crippen LogP contribution in [0.15, 0.2) is 41.8 Å². The summed E-state index contributed by atoms with van der Waals surface area (Å²) in [5.74, 6) is 0. The average molecular weight is 248 g/mol. The summed E-state index contributed by atoms with van der Waals surface area (Å²) in [5, 5.41) is 3.83. The van der Waals surface area contributed by atoms with Crippen LogP contribution in [-0.4, -0.2) is 12.3 Å². The van der Waals surface area contributed by atoms with Gasteiger partial charge in [0.15, 0.2) is 0 Å². The quantitative estimate of drug-likeness (QED) is 0.696. The maximum atomic E-state index is 2.33. The Morgan fingerprint density at radius 3 is 2.31 bits per heavy atom. The van der Waals surface area contributed by atoms with E-state index >= 15 is 0 Å². The lowest BCUT2D eigenvalue weighted by Gasteiger charge is -2.14. The van der Waals surface area contributed by atoms with Crippen molar-refractivity contribution in [3.8, 4) is 10.4 Å². The summed E-state index contributed by atoms with van der Waals surface area (Å²) in [7, 11) is 0.0517. The lowest BCUT2D eigenvalue weighted by Crippen LogP contribution is -2.03. The van der Waals surface area contributed by atoms with Gasteiger partial charge in [-0.05, 0) is 34.6 Å². The summed E-state index contributed by atoms with van der Waals surface area (Å²) in [5.41, 5.74) is 1.38. The molecule has 0 N–H and O–H groups in total. The first-order valence-electron chi connectivity index (χ1n) is 5.74. The molecule has 2 heteroatoms. The van der Waals surface area contributed by atoms with Crippen molar-refractivity contribution in [3.63, 3.8) is 0 Å². The van der Waals surface area contributed by atoms with Crippen LogP contribution in [-0.2, 0) is 0 Å². The minimum atomic E-state index is 0.0517. The van der Waals surface area contributed by atoms with E-state index in [0.717, 1.165) is 0 Å². The van der Waals surface area contributed by atoms with E-state index in [2.05, 4.69) is 55.6 Å². The van der Waals surface area contributed by atoms with Gasteiger partial charge < -0.3 is 0 Å². The lowest BCUT2D eigenvalue weighted by molar-refractivity contribution is 1.42. The van der Waals surface area contributed by atoms with Crippen molar-refractivity contribution in [1.29, 1.82) is 0 Å². The van der Waals surface area contributed by atoms with Gasteiger partial charge in [0.2, 0.25) is 0 Å². The highest BCUT2D eigenvalue weighted by molar-refractivity contribution is 7.66. The van der Waals surface area contributed by atoms with Crippen LogP contribution in [0.25, 0.3) is 10.4 Å². The van der Waals surface area contributed by atoms with E-state index in [-0.39, 0.29) is 7.92 Å². The molecule has 0 radical (unpaired) electrons. The maximum absolute atomic E-state index is 2.33. The van der Waals surface area contributed by atoms with Gasteiger partial charge in [0.25, 0.3) is 0 Å². The van der Waals surface area contributed by atoms with Gasteiger partial charge in [0.1, 0.15) is 0 Å². The van der Waals surface area contributed by atoms with Gasteiger partial charge in [-0.1, -0.05) is 52.1 Å². The van der Waals surface area contributed by atoms with Crippen molar-refractivity contribution in [2.45, 2.75) is 13.8 Å². The van der Waals surface area contributed by atoms with E-state index in [1.807, 2.05) is 11.3 Å². The standard InChI is InChI=1S/C14H17PS/c1-3-15(4-2)13-10-11-16-14(13)12-8-6-5-7-9-12/h5-11H,3-4H2,1-2H3. The molecule has 0 saturated carbocycles. The molecule has 0 unspecified atom stereocenters. The molecule has 84 valence electrons. The van der Waals surface area contributed by atoms with Crippen molar-refractivity contribution in [3.05, 3.63) is 41.8 Å². The summed E-state index contributed by atoms with van der Waals surface area (Å²) in [6.07, 6.45) is 2.59. The van der Waals surface area contributed by atoms with Gasteiger partial charge in [-0.15, -0.1) is 11.3 Å². The molecule has 0 fully saturated rings. The molecule has 0 atom stereocenters. The van der Waals surface area contributed by atoms with Crippen LogP contribution in [0.1, 0.15) is 13.8 Å². The monoisotopic (exact) mass is 248 g/mol. The third kappa shape index (κ3) is 2.36. The molecular weight excluding hydrogens is 231 g/mol. The second-order valence-corrected chi connectivity index (χ2v) is 7.42. The molecule has 0 saturated heterocycles. The van der Waals surface area contributed by atoms with E-state index in [1.165, 1.54) is 22.8 Å². The van der Waals surface area contributed by atoms with Gasteiger partial charge in [0.05, 0.1) is 0 Å². The summed E-state index contributed by atoms with van der Waals surface area (Å²) in [6, 6.07) is 13.1. The second-order valence-electron chi connectivity index (χ2n) is 3.67. The van der Waals surface area contributed by atoms with E-state index in [1.54, 1.807) is 5.30 Å². The van der Waals surface area contributed by atoms with Gasteiger partial charge in [-0.3, -0.25) is 0 Å². The molecule has 16 heavy (non-hydrogen) atoms. The Balaban J connectivity index is 2.40. The van der Waals surface area contributed by atoms with E-state index in [9.17, 15) is 0 Å². The highest BCUT2D eigenvalue weighted by Crippen LogP contribution is 2.39. The van der Waals surface area contributed by atoms with Crippen molar-refractivity contribution in [1.82, 2.24) is 0 Å². The minimum Gasteiger partial charge on any atom is -0.143 e. The number of rotatable bonds is 4. The molecule has 1 aromatic heterocycles. The number of hydrogen-bond acceptors (Lipinski definition) is 1. The molecular formula is C14H17PS. The molecule has 0 aliphatic heterocycles. The highest BCUT2D eigenvalue weighted by atomic mass is 32.1. The molecule has 0 aliphatic rings. The van der Waals surface area contributed by atoms with Gasteiger partial charge in [-0.2, -0.15) is 0 Å². The van der Waals surface area contributed by atoms with Gasteiger partial charge in [0, 0.05) is 4.88 Å². The zero-order valence-electron chi connectivity index (χ0n) is 9.81. The Kier molecular flexibility index (Phi) is 4.15. The van der Waals surface area contributed by atoms with Gasteiger partial charge in [-0.25, -0.2) is 0 Å². The van der Waals surface area contributed by atoms with Crippen LogP contribution in [0.5, 0.6) is 0 Å². The summed E-state index contributed by atoms with van der Waals surface area (Å²) in [6.45, 7) is 4.61. The zero-order valence-corrected chi connectivity index (χ0v) is 11.5. The Hall–Kier alpha value is -0.650. The van der Waals surface area contributed by atoms with Crippen molar-refractivity contribution in [2.24, 2.45) is 0 Å². The molecule has 0 amide bonds. The second kappa shape index (κ2) is 5.61. The van der Waals surface area contributed by atoms with Gasteiger partial charge >= 0.3 is 0 Å². The molecule has 0 aliphatic carbocycles. The predicted octanol–water partition coefficient (Wildman–Crippen LogP) is 4.56. The van der Waals surface area contributed by atoms with Crippen LogP contribution in [0.2, 0.25) is 0 Å². The largest absolute Gasteiger partial charge is 0.143 e. The Morgan fingerprint density at radius 2 is 1.69 bits per heavy atom. The average Bonchev–Trinajstić information content (AvgIpc) is 2.81. The predicted molar refractivity (Wildman–Crippen MR) is 77.4 cm³/mol. The normalized spacial score (nSPS) is 10.9. The van der Waals surface area contributed by atoms with E-state index in [0.29, 0.717) is 0 Å². The van der Waals surface area contributed by atoms with Crippen LogP contribution < -0.4 is 5.30 Å². The van der Waals surface area contributed by atoms with Crippen molar-refractivity contribution in [2.75, 3.05) is 12.3 Å². The smallest absolute Gasteiger partial charge is 0.0419 e. The summed E-state index contributed by atoms with van der Waals surface area (Å²) >= 11 is 1.88. The fourth-order valence-corrected chi connectivity index (χ4v) is 5.20. The minimum absolute atomic E-state index is 0.0517.